The van der Waals surface area contributed by atoms with Crippen LogP contribution in [-0.2, 0) is 0 Å². The van der Waals surface area contributed by atoms with E-state index < -0.39 is 0 Å². The number of imidazole rings is 1. The van der Waals surface area contributed by atoms with Gasteiger partial charge in [-0.1, -0.05) is 48.9 Å². The summed E-state index contributed by atoms with van der Waals surface area (Å²) in [5.41, 5.74) is 7.44. The van der Waals surface area contributed by atoms with Crippen molar-refractivity contribution in [3.63, 3.8) is 0 Å². The van der Waals surface area contributed by atoms with Crippen molar-refractivity contribution >= 4 is 33.3 Å². The van der Waals surface area contributed by atoms with Gasteiger partial charge in [-0.25, -0.2) is 4.98 Å². The van der Waals surface area contributed by atoms with Gasteiger partial charge < -0.3 is 20.1 Å². The Balaban J connectivity index is 1.10. The Kier molecular flexibility index (Phi) is 6.44. The molecule has 3 N–H and O–H groups in total. The third kappa shape index (κ3) is 4.76. The lowest BCUT2D eigenvalue weighted by Gasteiger charge is -2.41. The lowest BCUT2D eigenvalue weighted by Crippen LogP contribution is -2.46. The molecule has 200 valence electrons. The van der Waals surface area contributed by atoms with Crippen LogP contribution in [0.3, 0.4) is 0 Å². The molecule has 1 atom stereocenters. The number of fused-ring (bicyclic) bond motifs is 2. The first-order valence-corrected chi connectivity index (χ1v) is 14.5. The number of rotatable bonds is 6. The number of hydrogen-bond donors (Lipinski definition) is 3. The molecule has 4 heterocycles. The molecule has 7 nitrogen and oxygen atoms in total. The second kappa shape index (κ2) is 10.4. The van der Waals surface area contributed by atoms with Crippen LogP contribution in [0.4, 0.5) is 11.4 Å². The Morgan fingerprint density at radius 2 is 1.72 bits per heavy atom. The van der Waals surface area contributed by atoms with Crippen molar-refractivity contribution in [1.82, 2.24) is 25.1 Å². The summed E-state index contributed by atoms with van der Waals surface area (Å²) in [6, 6.07) is 24.4. The number of aromatic amines is 2. The standard InChI is InChI=1S/C32H37N7/c1-22(23-9-4-2-5-10-23)33-28-12-8-11-26-30(28)36-37-31(26)32-34-27-14-13-25(21-29(27)35-32)39-19-15-24(16-20-39)38-17-6-3-7-18-38/h2,4-5,8-14,21-22,24,33H,3,6-7,15-20H2,1H3,(H,34,35)(H,36,37). The number of aromatic nitrogens is 4. The van der Waals surface area contributed by atoms with Crippen LogP contribution < -0.4 is 10.2 Å². The van der Waals surface area contributed by atoms with E-state index in [0.29, 0.717) is 0 Å². The molecule has 2 saturated heterocycles. The van der Waals surface area contributed by atoms with Crippen molar-refractivity contribution in [3.8, 4) is 11.5 Å². The number of hydrogen-bond acceptors (Lipinski definition) is 5. The third-order valence-corrected chi connectivity index (χ3v) is 8.70. The van der Waals surface area contributed by atoms with Crippen molar-refractivity contribution in [2.75, 3.05) is 36.4 Å². The van der Waals surface area contributed by atoms with E-state index >= 15 is 0 Å². The molecular formula is C32H37N7. The first-order valence-electron chi connectivity index (χ1n) is 14.5. The number of H-pyrrole nitrogens is 2. The molecular weight excluding hydrogens is 482 g/mol. The molecule has 0 bridgehead atoms. The van der Waals surface area contributed by atoms with E-state index in [2.05, 4.69) is 92.8 Å². The Morgan fingerprint density at radius 3 is 2.54 bits per heavy atom. The zero-order chi connectivity index (χ0) is 26.2. The quantitative estimate of drug-likeness (QED) is 0.232. The van der Waals surface area contributed by atoms with E-state index in [9.17, 15) is 0 Å². The van der Waals surface area contributed by atoms with Gasteiger partial charge in [0.25, 0.3) is 0 Å². The van der Waals surface area contributed by atoms with Gasteiger partial charge in [-0.2, -0.15) is 5.10 Å². The molecule has 0 aliphatic carbocycles. The van der Waals surface area contributed by atoms with Crippen LogP contribution in [0.5, 0.6) is 0 Å². The summed E-state index contributed by atoms with van der Waals surface area (Å²) in [4.78, 5) is 13.8. The number of nitrogens with zero attached hydrogens (tertiary/aromatic N) is 4. The normalized spacial score (nSPS) is 18.1. The van der Waals surface area contributed by atoms with Gasteiger partial charge in [0.15, 0.2) is 5.82 Å². The summed E-state index contributed by atoms with van der Waals surface area (Å²) < 4.78 is 0. The Labute approximate surface area is 229 Å². The molecule has 7 rings (SSSR count). The molecule has 0 spiro atoms. The van der Waals surface area contributed by atoms with Crippen LogP contribution in [0.25, 0.3) is 33.5 Å². The van der Waals surface area contributed by atoms with E-state index in [1.165, 1.54) is 56.4 Å². The predicted molar refractivity (Wildman–Crippen MR) is 160 cm³/mol. The monoisotopic (exact) mass is 519 g/mol. The molecule has 0 radical (unpaired) electrons. The number of piperidine rings is 2. The van der Waals surface area contributed by atoms with Crippen molar-refractivity contribution in [1.29, 1.82) is 0 Å². The van der Waals surface area contributed by atoms with Gasteiger partial charge in [0.2, 0.25) is 0 Å². The molecule has 7 heteroatoms. The maximum atomic E-state index is 4.92. The topological polar surface area (TPSA) is 75.9 Å². The fraction of sp³-hybridized carbons (Fsp3) is 0.375. The molecule has 3 aromatic carbocycles. The van der Waals surface area contributed by atoms with E-state index in [1.807, 2.05) is 6.07 Å². The van der Waals surface area contributed by atoms with Crippen molar-refractivity contribution in [2.45, 2.75) is 51.1 Å². The van der Waals surface area contributed by atoms with Gasteiger partial charge in [-0.3, -0.25) is 5.10 Å². The van der Waals surface area contributed by atoms with Crippen LogP contribution in [0.2, 0.25) is 0 Å². The Morgan fingerprint density at radius 1 is 0.897 bits per heavy atom. The zero-order valence-corrected chi connectivity index (χ0v) is 22.7. The first-order chi connectivity index (χ1) is 19.2. The van der Waals surface area contributed by atoms with Crippen LogP contribution >= 0.6 is 0 Å². The smallest absolute Gasteiger partial charge is 0.159 e. The molecule has 0 saturated carbocycles. The second-order valence-corrected chi connectivity index (χ2v) is 11.2. The zero-order valence-electron chi connectivity index (χ0n) is 22.7. The summed E-state index contributed by atoms with van der Waals surface area (Å²) in [7, 11) is 0. The average Bonchev–Trinajstić information content (AvgIpc) is 3.62. The van der Waals surface area contributed by atoms with Gasteiger partial charge >= 0.3 is 0 Å². The highest BCUT2D eigenvalue weighted by molar-refractivity contribution is 5.99. The van der Waals surface area contributed by atoms with Gasteiger partial charge in [0.05, 0.1) is 22.2 Å². The molecule has 2 aliphatic heterocycles. The van der Waals surface area contributed by atoms with Crippen LogP contribution in [-0.4, -0.2) is 57.3 Å². The summed E-state index contributed by atoms with van der Waals surface area (Å²) >= 11 is 0. The Bertz CT molecular complexity index is 1560. The molecule has 2 aliphatic rings. The van der Waals surface area contributed by atoms with E-state index in [1.54, 1.807) is 0 Å². The fourth-order valence-corrected chi connectivity index (χ4v) is 6.48. The van der Waals surface area contributed by atoms with Gasteiger partial charge in [0.1, 0.15) is 5.69 Å². The molecule has 2 fully saturated rings. The maximum absolute atomic E-state index is 4.92. The minimum atomic E-state index is 0.179. The van der Waals surface area contributed by atoms with Crippen molar-refractivity contribution in [2.24, 2.45) is 0 Å². The first kappa shape index (κ1) is 24.2. The highest BCUT2D eigenvalue weighted by Gasteiger charge is 2.26. The van der Waals surface area contributed by atoms with Crippen LogP contribution in [0, 0.1) is 0 Å². The van der Waals surface area contributed by atoms with Crippen LogP contribution in [0.1, 0.15) is 50.6 Å². The fourth-order valence-electron chi connectivity index (χ4n) is 6.48. The van der Waals surface area contributed by atoms with Crippen LogP contribution in [0.15, 0.2) is 66.7 Å². The minimum Gasteiger partial charge on any atom is -0.377 e. The molecule has 2 aromatic heterocycles. The summed E-state index contributed by atoms with van der Waals surface area (Å²) in [5.74, 6) is 0.797. The van der Waals surface area contributed by atoms with E-state index in [0.717, 1.165) is 58.3 Å². The molecule has 39 heavy (non-hydrogen) atoms. The maximum Gasteiger partial charge on any atom is 0.159 e. The second-order valence-electron chi connectivity index (χ2n) is 11.2. The SMILES string of the molecule is CC(Nc1cccc2c(-c3nc4ccc(N5CCC(N6CCCCC6)CC5)cc4[nH]3)n[nH]c12)c1ccccc1. The summed E-state index contributed by atoms with van der Waals surface area (Å²) in [5, 5.41) is 12.7. The molecule has 1 unspecified atom stereocenters. The van der Waals surface area contributed by atoms with Gasteiger partial charge in [0, 0.05) is 36.2 Å². The number of anilines is 2. The highest BCUT2D eigenvalue weighted by atomic mass is 15.2. The minimum absolute atomic E-state index is 0.179. The summed E-state index contributed by atoms with van der Waals surface area (Å²) in [6.45, 7) is 7.00. The summed E-state index contributed by atoms with van der Waals surface area (Å²) in [6.07, 6.45) is 6.65. The van der Waals surface area contributed by atoms with Gasteiger partial charge in [-0.15, -0.1) is 0 Å². The van der Waals surface area contributed by atoms with E-state index in [-0.39, 0.29) is 6.04 Å². The number of para-hydroxylation sites is 1. The largest absolute Gasteiger partial charge is 0.377 e. The average molecular weight is 520 g/mol. The van der Waals surface area contributed by atoms with Crippen molar-refractivity contribution < 1.29 is 0 Å². The van der Waals surface area contributed by atoms with Gasteiger partial charge in [-0.05, 0) is 75.5 Å². The lowest BCUT2D eigenvalue weighted by molar-refractivity contribution is 0.141. The highest BCUT2D eigenvalue weighted by Crippen LogP contribution is 2.33. The molecule has 0 amide bonds. The Hall–Kier alpha value is -3.84. The third-order valence-electron chi connectivity index (χ3n) is 8.70. The van der Waals surface area contributed by atoms with E-state index in [4.69, 9.17) is 10.1 Å². The predicted octanol–water partition coefficient (Wildman–Crippen LogP) is 6.73. The van der Waals surface area contributed by atoms with Crippen molar-refractivity contribution in [3.05, 3.63) is 72.3 Å². The lowest BCUT2D eigenvalue weighted by atomic mass is 9.99. The number of likely N-dealkylation sites (tertiary alicyclic amines) is 1. The number of benzene rings is 3. The number of nitrogens with one attached hydrogen (secondary N) is 3. The molecule has 5 aromatic rings.